The van der Waals surface area contributed by atoms with Gasteiger partial charge in [0.2, 0.25) is 5.91 Å². The van der Waals surface area contributed by atoms with Gasteiger partial charge in [-0.1, -0.05) is 24.3 Å². The number of carbonyl (C=O) groups is 1. The largest absolute Gasteiger partial charge is 0.493 e. The molecule has 0 saturated heterocycles. The van der Waals surface area contributed by atoms with E-state index in [1.54, 1.807) is 0 Å². The van der Waals surface area contributed by atoms with Crippen molar-refractivity contribution in [3.05, 3.63) is 53.6 Å². The van der Waals surface area contributed by atoms with Crippen LogP contribution in [0.4, 0.5) is 5.69 Å². The van der Waals surface area contributed by atoms with Gasteiger partial charge in [0.05, 0.1) is 18.9 Å². The fraction of sp³-hybridized carbons (Fsp3) is 0.350. The van der Waals surface area contributed by atoms with E-state index < -0.39 is 0 Å². The van der Waals surface area contributed by atoms with Crippen molar-refractivity contribution in [2.45, 2.75) is 33.6 Å². The first-order valence-corrected chi connectivity index (χ1v) is 8.32. The molecule has 0 spiro atoms. The first kappa shape index (κ1) is 17.9. The number of amides is 1. The van der Waals surface area contributed by atoms with Crippen LogP contribution in [-0.2, 0) is 4.79 Å². The molecular weight excluding hydrogens is 302 g/mol. The molecule has 0 aliphatic heterocycles. The smallest absolute Gasteiger partial charge is 0.224 e. The molecule has 128 valence electrons. The molecule has 0 bridgehead atoms. The van der Waals surface area contributed by atoms with Gasteiger partial charge in [0.1, 0.15) is 11.5 Å². The Kier molecular flexibility index (Phi) is 6.67. The van der Waals surface area contributed by atoms with Crippen LogP contribution in [0.1, 0.15) is 30.9 Å². The SMILES string of the molecule is CCOc1ccccc1NC(=O)CCCOc1cccc(C)c1C. The number of rotatable bonds is 8. The van der Waals surface area contributed by atoms with Gasteiger partial charge in [0.25, 0.3) is 0 Å². The van der Waals surface area contributed by atoms with Crippen molar-refractivity contribution in [2.24, 2.45) is 0 Å². The number of aryl methyl sites for hydroxylation is 1. The van der Waals surface area contributed by atoms with Crippen molar-refractivity contribution in [3.63, 3.8) is 0 Å². The second-order valence-corrected chi connectivity index (χ2v) is 5.63. The predicted octanol–water partition coefficient (Wildman–Crippen LogP) is 4.50. The maximum atomic E-state index is 12.1. The summed E-state index contributed by atoms with van der Waals surface area (Å²) in [4.78, 5) is 12.1. The lowest BCUT2D eigenvalue weighted by atomic mass is 10.1. The molecule has 0 aliphatic carbocycles. The predicted molar refractivity (Wildman–Crippen MR) is 96.9 cm³/mol. The van der Waals surface area contributed by atoms with Crippen LogP contribution in [0.2, 0.25) is 0 Å². The molecule has 0 saturated carbocycles. The lowest BCUT2D eigenvalue weighted by Crippen LogP contribution is -2.13. The normalized spacial score (nSPS) is 10.3. The molecule has 0 fully saturated rings. The van der Waals surface area contributed by atoms with Crippen LogP contribution in [0.25, 0.3) is 0 Å². The Labute approximate surface area is 143 Å². The standard InChI is InChI=1S/C20H25NO3/c1-4-23-19-11-6-5-10-17(19)21-20(22)13-8-14-24-18-12-7-9-15(2)16(18)3/h5-7,9-12H,4,8,13-14H2,1-3H3,(H,21,22). The number of hydrogen-bond acceptors (Lipinski definition) is 3. The van der Waals surface area contributed by atoms with Gasteiger partial charge in [-0.2, -0.15) is 0 Å². The van der Waals surface area contributed by atoms with Crippen molar-refractivity contribution in [1.82, 2.24) is 0 Å². The summed E-state index contributed by atoms with van der Waals surface area (Å²) in [7, 11) is 0. The minimum Gasteiger partial charge on any atom is -0.493 e. The summed E-state index contributed by atoms with van der Waals surface area (Å²) in [6.45, 7) is 7.11. The molecule has 24 heavy (non-hydrogen) atoms. The first-order valence-electron chi connectivity index (χ1n) is 8.32. The fourth-order valence-corrected chi connectivity index (χ4v) is 2.36. The topological polar surface area (TPSA) is 47.6 Å². The molecule has 0 unspecified atom stereocenters. The van der Waals surface area contributed by atoms with Crippen molar-refractivity contribution in [2.75, 3.05) is 18.5 Å². The third-order valence-electron chi connectivity index (χ3n) is 3.82. The maximum Gasteiger partial charge on any atom is 0.224 e. The number of anilines is 1. The van der Waals surface area contributed by atoms with E-state index in [1.807, 2.05) is 50.2 Å². The second-order valence-electron chi connectivity index (χ2n) is 5.63. The van der Waals surface area contributed by atoms with Crippen LogP contribution >= 0.6 is 0 Å². The van der Waals surface area contributed by atoms with Crippen molar-refractivity contribution in [3.8, 4) is 11.5 Å². The number of para-hydroxylation sites is 2. The van der Waals surface area contributed by atoms with Gasteiger partial charge in [-0.05, 0) is 56.5 Å². The average molecular weight is 327 g/mol. The first-order chi connectivity index (χ1) is 11.6. The lowest BCUT2D eigenvalue weighted by Gasteiger charge is -2.12. The molecule has 0 radical (unpaired) electrons. The van der Waals surface area contributed by atoms with Crippen LogP contribution in [0.5, 0.6) is 11.5 Å². The van der Waals surface area contributed by atoms with E-state index in [0.717, 1.165) is 11.3 Å². The van der Waals surface area contributed by atoms with Crippen LogP contribution in [0.3, 0.4) is 0 Å². The summed E-state index contributed by atoms with van der Waals surface area (Å²) >= 11 is 0. The zero-order valence-electron chi connectivity index (χ0n) is 14.6. The molecule has 0 aromatic heterocycles. The summed E-state index contributed by atoms with van der Waals surface area (Å²) in [6, 6.07) is 13.5. The Hall–Kier alpha value is -2.49. The molecule has 4 heteroatoms. The van der Waals surface area contributed by atoms with Crippen LogP contribution in [0, 0.1) is 13.8 Å². The quantitative estimate of drug-likeness (QED) is 0.726. The number of carbonyl (C=O) groups excluding carboxylic acids is 1. The van der Waals surface area contributed by atoms with Gasteiger partial charge in [-0.3, -0.25) is 4.79 Å². The van der Waals surface area contributed by atoms with Gasteiger partial charge >= 0.3 is 0 Å². The molecule has 2 aromatic rings. The Morgan fingerprint density at radius 1 is 1.00 bits per heavy atom. The summed E-state index contributed by atoms with van der Waals surface area (Å²) in [5.41, 5.74) is 3.06. The molecule has 0 aliphatic rings. The molecule has 0 heterocycles. The summed E-state index contributed by atoms with van der Waals surface area (Å²) in [6.07, 6.45) is 1.07. The van der Waals surface area contributed by atoms with E-state index >= 15 is 0 Å². The van der Waals surface area contributed by atoms with E-state index in [9.17, 15) is 4.79 Å². The molecule has 1 amide bonds. The molecule has 2 aromatic carbocycles. The molecule has 2 rings (SSSR count). The Balaban J connectivity index is 1.79. The third kappa shape index (κ3) is 5.01. The minimum absolute atomic E-state index is 0.0354. The molecule has 4 nitrogen and oxygen atoms in total. The minimum atomic E-state index is -0.0354. The van der Waals surface area contributed by atoms with Gasteiger partial charge in [-0.15, -0.1) is 0 Å². The Morgan fingerprint density at radius 2 is 1.75 bits per heavy atom. The third-order valence-corrected chi connectivity index (χ3v) is 3.82. The van der Waals surface area contributed by atoms with Gasteiger partial charge < -0.3 is 14.8 Å². The highest BCUT2D eigenvalue weighted by molar-refractivity contribution is 5.92. The summed E-state index contributed by atoms with van der Waals surface area (Å²) in [5, 5.41) is 2.90. The van der Waals surface area contributed by atoms with E-state index in [4.69, 9.17) is 9.47 Å². The average Bonchev–Trinajstić information content (AvgIpc) is 2.57. The number of ether oxygens (including phenoxy) is 2. The van der Waals surface area contributed by atoms with E-state index in [0.29, 0.717) is 37.5 Å². The highest BCUT2D eigenvalue weighted by Crippen LogP contribution is 2.24. The van der Waals surface area contributed by atoms with Crippen LogP contribution in [0.15, 0.2) is 42.5 Å². The monoisotopic (exact) mass is 327 g/mol. The maximum absolute atomic E-state index is 12.1. The lowest BCUT2D eigenvalue weighted by molar-refractivity contribution is -0.116. The van der Waals surface area contributed by atoms with Crippen molar-refractivity contribution < 1.29 is 14.3 Å². The summed E-state index contributed by atoms with van der Waals surface area (Å²) in [5.74, 6) is 1.55. The van der Waals surface area contributed by atoms with Gasteiger partial charge in [-0.25, -0.2) is 0 Å². The highest BCUT2D eigenvalue weighted by Gasteiger charge is 2.08. The highest BCUT2D eigenvalue weighted by atomic mass is 16.5. The van der Waals surface area contributed by atoms with Crippen LogP contribution in [-0.4, -0.2) is 19.1 Å². The number of benzene rings is 2. The van der Waals surface area contributed by atoms with E-state index in [2.05, 4.69) is 18.3 Å². The number of hydrogen-bond donors (Lipinski definition) is 1. The zero-order chi connectivity index (χ0) is 17.4. The van der Waals surface area contributed by atoms with Crippen molar-refractivity contribution in [1.29, 1.82) is 0 Å². The van der Waals surface area contributed by atoms with Crippen LogP contribution < -0.4 is 14.8 Å². The fourth-order valence-electron chi connectivity index (χ4n) is 2.36. The Morgan fingerprint density at radius 3 is 2.54 bits per heavy atom. The summed E-state index contributed by atoms with van der Waals surface area (Å²) < 4.78 is 11.3. The van der Waals surface area contributed by atoms with E-state index in [-0.39, 0.29) is 5.91 Å². The second kappa shape index (κ2) is 8.96. The Bertz CT molecular complexity index is 682. The number of nitrogens with one attached hydrogen (secondary N) is 1. The molecule has 1 N–H and O–H groups in total. The van der Waals surface area contributed by atoms with Crippen molar-refractivity contribution >= 4 is 11.6 Å². The van der Waals surface area contributed by atoms with Gasteiger partial charge in [0, 0.05) is 6.42 Å². The van der Waals surface area contributed by atoms with E-state index in [1.165, 1.54) is 5.56 Å². The van der Waals surface area contributed by atoms with Gasteiger partial charge in [0.15, 0.2) is 0 Å². The molecule has 0 atom stereocenters. The zero-order valence-corrected chi connectivity index (χ0v) is 14.6. The molecular formula is C20H25NO3.